The quantitative estimate of drug-likeness (QED) is 0.359. The van der Waals surface area contributed by atoms with Crippen molar-refractivity contribution < 1.29 is 18.0 Å². The summed E-state index contributed by atoms with van der Waals surface area (Å²) in [5.74, 6) is -3.28. The van der Waals surface area contributed by atoms with Gasteiger partial charge in [-0.15, -0.1) is 0 Å². The molecule has 0 N–H and O–H groups in total. The van der Waals surface area contributed by atoms with Gasteiger partial charge < -0.3 is 0 Å². The number of benzene rings is 2. The van der Waals surface area contributed by atoms with E-state index in [0.717, 1.165) is 0 Å². The molecule has 0 unspecified atom stereocenters. The van der Waals surface area contributed by atoms with Crippen molar-refractivity contribution in [2.45, 2.75) is 0 Å². The van der Waals surface area contributed by atoms with E-state index in [1.165, 1.54) is 32.1 Å². The fourth-order valence-electron chi connectivity index (χ4n) is 1.85. The Bertz CT molecular complexity index is 644. The van der Waals surface area contributed by atoms with Crippen molar-refractivity contribution in [2.24, 2.45) is 0 Å². The predicted molar refractivity (Wildman–Crippen MR) is 73.0 cm³/mol. The van der Waals surface area contributed by atoms with Crippen LogP contribution in [0.1, 0.15) is 10.4 Å². The lowest BCUT2D eigenvalue weighted by molar-refractivity contribution is 0.112. The molecule has 0 fully saturated rings. The minimum atomic E-state index is -1.28. The molecular weight excluding hydrogens is 320 g/mol. The summed E-state index contributed by atoms with van der Waals surface area (Å²) in [6.07, 6.45) is 0.586. The maximum Gasteiger partial charge on any atom is 0.176 e. The van der Waals surface area contributed by atoms with Crippen LogP contribution in [-0.2, 0) is 0 Å². The van der Waals surface area contributed by atoms with Gasteiger partial charge in [-0.1, -0.05) is 18.2 Å². The van der Waals surface area contributed by atoms with Crippen LogP contribution < -0.4 is 5.46 Å². The minimum absolute atomic E-state index is 0.0196. The molecule has 1 nitrogen and oxygen atoms in total. The summed E-state index contributed by atoms with van der Waals surface area (Å²) < 4.78 is 40.8. The van der Waals surface area contributed by atoms with Gasteiger partial charge >= 0.3 is 0 Å². The Hall–Kier alpha value is -1.56. The normalized spacial score (nSPS) is 10.5. The van der Waals surface area contributed by atoms with Gasteiger partial charge in [-0.3, -0.25) is 4.79 Å². The largest absolute Gasteiger partial charge is 0.298 e. The first-order valence-corrected chi connectivity index (χ1v) is 6.14. The Morgan fingerprint density at radius 2 is 1.79 bits per heavy atom. The van der Waals surface area contributed by atoms with E-state index >= 15 is 0 Å². The molecule has 2 aromatic carbocycles. The molecule has 2 rings (SSSR count). The van der Waals surface area contributed by atoms with Crippen LogP contribution in [0.2, 0.25) is 0 Å². The van der Waals surface area contributed by atoms with Gasteiger partial charge in [-0.05, 0) is 33.0 Å². The van der Waals surface area contributed by atoms with Gasteiger partial charge in [0.1, 0.15) is 19.9 Å². The first-order valence-electron chi connectivity index (χ1n) is 5.35. The number of halogens is 4. The number of hydrogen-bond donors (Lipinski definition) is 0. The maximum atomic E-state index is 14.0. The third-order valence-corrected chi connectivity index (χ3v) is 3.51. The molecule has 2 aromatic rings. The molecule has 0 amide bonds. The molecule has 0 aliphatic rings. The number of carbonyl (C=O) groups is 1. The number of hydrogen-bond acceptors (Lipinski definition) is 1. The first-order chi connectivity index (χ1) is 8.97. The van der Waals surface area contributed by atoms with Crippen LogP contribution in [0.25, 0.3) is 11.1 Å². The Morgan fingerprint density at radius 1 is 1.11 bits per heavy atom. The summed E-state index contributed by atoms with van der Waals surface area (Å²) in [6, 6.07) is 5.92. The second kappa shape index (κ2) is 5.21. The molecular formula is C13H7BBrF3O. The van der Waals surface area contributed by atoms with Gasteiger partial charge in [0.2, 0.25) is 0 Å². The van der Waals surface area contributed by atoms with Gasteiger partial charge in [0, 0.05) is 11.1 Å². The van der Waals surface area contributed by atoms with Crippen molar-refractivity contribution in [1.29, 1.82) is 0 Å². The third kappa shape index (κ3) is 2.32. The predicted octanol–water partition coefficient (Wildman–Crippen LogP) is 2.60. The maximum absolute atomic E-state index is 14.0. The molecule has 0 heterocycles. The van der Waals surface area contributed by atoms with Crippen molar-refractivity contribution in [2.75, 3.05) is 0 Å². The lowest BCUT2D eigenvalue weighted by atomic mass is 9.85. The van der Waals surface area contributed by atoms with Crippen molar-refractivity contribution >= 4 is 35.5 Å². The molecule has 0 bridgehead atoms. The van der Waals surface area contributed by atoms with Crippen molar-refractivity contribution in [3.8, 4) is 11.1 Å². The summed E-state index contributed by atoms with van der Waals surface area (Å²) in [5.41, 5.74) is 0.362. The van der Waals surface area contributed by atoms with Crippen LogP contribution >= 0.6 is 15.9 Å². The number of aldehydes is 1. The molecule has 0 saturated carbocycles. The summed E-state index contributed by atoms with van der Waals surface area (Å²) in [4.78, 5) is 10.7. The highest BCUT2D eigenvalue weighted by Crippen LogP contribution is 2.29. The summed E-state index contributed by atoms with van der Waals surface area (Å²) in [5, 5.41) is 0. The molecule has 0 saturated heterocycles. The Kier molecular flexibility index (Phi) is 3.80. The highest BCUT2D eigenvalue weighted by Gasteiger charge is 2.21. The van der Waals surface area contributed by atoms with E-state index in [9.17, 15) is 18.0 Å². The van der Waals surface area contributed by atoms with Crippen molar-refractivity contribution in [3.63, 3.8) is 0 Å². The number of carbonyl (C=O) groups excluding carboxylic acids is 1. The molecule has 0 atom stereocenters. The molecule has 0 aliphatic carbocycles. The lowest BCUT2D eigenvalue weighted by Crippen LogP contribution is -2.17. The van der Waals surface area contributed by atoms with Crippen LogP contribution in [0, 0.1) is 17.5 Å². The lowest BCUT2D eigenvalue weighted by Gasteiger charge is -2.12. The zero-order valence-electron chi connectivity index (χ0n) is 9.81. The van der Waals surface area contributed by atoms with Crippen LogP contribution in [0.15, 0.2) is 28.7 Å². The van der Waals surface area contributed by atoms with Gasteiger partial charge in [0.25, 0.3) is 0 Å². The zero-order valence-corrected chi connectivity index (χ0v) is 11.4. The second-order valence-electron chi connectivity index (χ2n) is 4.00. The Balaban J connectivity index is 2.78. The number of rotatable bonds is 2. The Morgan fingerprint density at radius 3 is 2.42 bits per heavy atom. The SMILES string of the molecule is Bc1c(F)c(Br)c(F)c(F)c1-c1cccc(C=O)c1. The van der Waals surface area contributed by atoms with Crippen molar-refractivity contribution in [3.05, 3.63) is 51.8 Å². The second-order valence-corrected chi connectivity index (χ2v) is 4.79. The van der Waals surface area contributed by atoms with Crippen LogP contribution in [0.5, 0.6) is 0 Å². The monoisotopic (exact) mass is 326 g/mol. The molecule has 0 aromatic heterocycles. The molecule has 0 spiro atoms. The zero-order chi connectivity index (χ0) is 14.2. The minimum Gasteiger partial charge on any atom is -0.298 e. The third-order valence-electron chi connectivity index (χ3n) is 2.81. The average molecular weight is 327 g/mol. The Labute approximate surface area is 117 Å². The van der Waals surface area contributed by atoms with E-state index < -0.39 is 21.9 Å². The summed E-state index contributed by atoms with van der Waals surface area (Å²) in [7, 11) is 1.35. The molecule has 6 heteroatoms. The van der Waals surface area contributed by atoms with E-state index in [-0.39, 0.29) is 16.6 Å². The molecule has 19 heavy (non-hydrogen) atoms. The highest BCUT2D eigenvalue weighted by atomic mass is 79.9. The van der Waals surface area contributed by atoms with E-state index in [4.69, 9.17) is 0 Å². The summed E-state index contributed by atoms with van der Waals surface area (Å²) in [6.45, 7) is 0. The van der Waals surface area contributed by atoms with Gasteiger partial charge in [-0.2, -0.15) is 0 Å². The van der Waals surface area contributed by atoms with Gasteiger partial charge in [0.15, 0.2) is 11.6 Å². The van der Waals surface area contributed by atoms with Crippen LogP contribution in [0.3, 0.4) is 0 Å². The van der Waals surface area contributed by atoms with Crippen molar-refractivity contribution in [1.82, 2.24) is 0 Å². The van der Waals surface area contributed by atoms with Crippen LogP contribution in [-0.4, -0.2) is 14.1 Å². The summed E-state index contributed by atoms with van der Waals surface area (Å²) >= 11 is 2.67. The fraction of sp³-hybridized carbons (Fsp3) is 0. The first kappa shape index (κ1) is 13.9. The van der Waals surface area contributed by atoms with E-state index in [0.29, 0.717) is 11.8 Å². The standard InChI is InChI=1S/C13H7BBrF3O/c14-9-8(7-3-1-2-6(4-7)5-19)11(16)13(18)10(15)12(9)17/h1-5H,14H2. The van der Waals surface area contributed by atoms with E-state index in [2.05, 4.69) is 15.9 Å². The van der Waals surface area contributed by atoms with Gasteiger partial charge in [-0.25, -0.2) is 13.2 Å². The topological polar surface area (TPSA) is 17.1 Å². The molecule has 0 aliphatic heterocycles. The smallest absolute Gasteiger partial charge is 0.176 e. The fourth-order valence-corrected chi connectivity index (χ4v) is 2.32. The van der Waals surface area contributed by atoms with E-state index in [1.54, 1.807) is 0 Å². The van der Waals surface area contributed by atoms with Gasteiger partial charge in [0.05, 0.1) is 4.47 Å². The highest BCUT2D eigenvalue weighted by molar-refractivity contribution is 9.10. The average Bonchev–Trinajstić information content (AvgIpc) is 2.43. The molecule has 0 radical (unpaired) electrons. The molecule has 96 valence electrons. The van der Waals surface area contributed by atoms with Crippen LogP contribution in [0.4, 0.5) is 13.2 Å². The van der Waals surface area contributed by atoms with E-state index in [1.807, 2.05) is 0 Å².